The highest BCUT2D eigenvalue weighted by Gasteiger charge is 2.19. The lowest BCUT2D eigenvalue weighted by atomic mass is 10.2. The molecule has 1 atom stereocenters. The van der Waals surface area contributed by atoms with Gasteiger partial charge in [-0.1, -0.05) is 6.92 Å². The summed E-state index contributed by atoms with van der Waals surface area (Å²) in [5.41, 5.74) is 2.71. The molecule has 0 unspecified atom stereocenters. The Morgan fingerprint density at radius 2 is 1.95 bits per heavy atom. The Kier molecular flexibility index (Phi) is 5.94. The summed E-state index contributed by atoms with van der Waals surface area (Å²) in [5, 5.41) is 4.74. The zero-order chi connectivity index (χ0) is 15.3. The lowest BCUT2D eigenvalue weighted by molar-refractivity contribution is -0.119. The van der Waals surface area contributed by atoms with E-state index in [0.717, 1.165) is 6.42 Å². The molecule has 112 valence electrons. The van der Waals surface area contributed by atoms with Crippen molar-refractivity contribution in [2.75, 3.05) is 10.3 Å². The van der Waals surface area contributed by atoms with Crippen LogP contribution in [0.1, 0.15) is 41.0 Å². The van der Waals surface area contributed by atoms with Gasteiger partial charge in [-0.05, 0) is 38.8 Å². The molecule has 0 fully saturated rings. The maximum Gasteiger partial charge on any atom is 0.250 e. The second-order valence-electron chi connectivity index (χ2n) is 4.82. The first-order valence-corrected chi connectivity index (χ1v) is 6.95. The summed E-state index contributed by atoms with van der Waals surface area (Å²) in [6.07, 6.45) is 0.816. The predicted molar refractivity (Wildman–Crippen MR) is 79.6 cm³/mol. The van der Waals surface area contributed by atoms with Gasteiger partial charge in [0.25, 0.3) is 5.95 Å². The van der Waals surface area contributed by atoms with Crippen LogP contribution < -0.4 is 15.8 Å². The molecule has 0 aliphatic carbocycles. The number of hydrazine groups is 1. The average molecular weight is 301 g/mol. The van der Waals surface area contributed by atoms with Crippen LogP contribution in [0.25, 0.3) is 0 Å². The number of aromatic nitrogens is 3. The fraction of sp³-hybridized carbons (Fsp3) is 0.667. The molecule has 0 aromatic carbocycles. The maximum absolute atomic E-state index is 11.3. The van der Waals surface area contributed by atoms with E-state index >= 15 is 0 Å². The number of nitrogens with one attached hydrogen (secondary N) is 2. The van der Waals surface area contributed by atoms with Gasteiger partial charge >= 0.3 is 0 Å². The predicted octanol–water partition coefficient (Wildman–Crippen LogP) is 2.00. The van der Waals surface area contributed by atoms with E-state index in [2.05, 4.69) is 25.7 Å². The van der Waals surface area contributed by atoms with Crippen LogP contribution in [0.15, 0.2) is 0 Å². The van der Waals surface area contributed by atoms with Gasteiger partial charge in [-0.25, -0.2) is 5.01 Å². The van der Waals surface area contributed by atoms with Gasteiger partial charge in [0, 0.05) is 13.0 Å². The summed E-state index contributed by atoms with van der Waals surface area (Å²) in [4.78, 5) is 23.7. The quantitative estimate of drug-likeness (QED) is 0.782. The molecular formula is C12H21ClN6O. The summed E-state index contributed by atoms with van der Waals surface area (Å²) in [6.45, 7) is 9.35. The average Bonchev–Trinajstić information content (AvgIpc) is 2.33. The topological polar surface area (TPSA) is 83.0 Å². The molecule has 0 bridgehead atoms. The van der Waals surface area contributed by atoms with Gasteiger partial charge in [0.1, 0.15) is 0 Å². The van der Waals surface area contributed by atoms with Gasteiger partial charge in [0.2, 0.25) is 17.1 Å². The van der Waals surface area contributed by atoms with Gasteiger partial charge < -0.3 is 5.32 Å². The summed E-state index contributed by atoms with van der Waals surface area (Å²) in [5.74, 6) is 0.506. The standard InChI is InChI=1S/C12H21ClN6O/c1-6-8(4)19(18-9(5)20)12-16-10(13)15-11(17-12)14-7(2)3/h7-8H,6H2,1-5H3,(H,18,20)(H,14,15,16,17)/t8-/m1/s1. The zero-order valence-electron chi connectivity index (χ0n) is 12.4. The van der Waals surface area contributed by atoms with Gasteiger partial charge in [-0.3, -0.25) is 10.2 Å². The highest BCUT2D eigenvalue weighted by Crippen LogP contribution is 2.16. The monoisotopic (exact) mass is 300 g/mol. The van der Waals surface area contributed by atoms with Crippen molar-refractivity contribution >= 4 is 29.4 Å². The number of halogens is 1. The smallest absolute Gasteiger partial charge is 0.250 e. The van der Waals surface area contributed by atoms with Crippen LogP contribution in [0.2, 0.25) is 5.28 Å². The summed E-state index contributed by atoms with van der Waals surface area (Å²) >= 11 is 5.92. The van der Waals surface area contributed by atoms with Crippen LogP contribution in [0.4, 0.5) is 11.9 Å². The third kappa shape index (κ3) is 4.80. The normalized spacial score (nSPS) is 12.2. The van der Waals surface area contributed by atoms with Crippen LogP contribution >= 0.6 is 11.6 Å². The number of nitrogens with zero attached hydrogens (tertiary/aromatic N) is 4. The molecule has 0 radical (unpaired) electrons. The molecule has 1 aromatic heterocycles. The van der Waals surface area contributed by atoms with Crippen LogP contribution in [0, 0.1) is 0 Å². The molecule has 1 heterocycles. The lowest BCUT2D eigenvalue weighted by Crippen LogP contribution is -2.47. The van der Waals surface area contributed by atoms with Crippen molar-refractivity contribution in [1.82, 2.24) is 20.4 Å². The van der Waals surface area contributed by atoms with E-state index in [1.54, 1.807) is 5.01 Å². The summed E-state index contributed by atoms with van der Waals surface area (Å²) in [7, 11) is 0. The van der Waals surface area contributed by atoms with Crippen molar-refractivity contribution in [2.45, 2.75) is 53.1 Å². The Morgan fingerprint density at radius 1 is 1.30 bits per heavy atom. The fourth-order valence-corrected chi connectivity index (χ4v) is 1.64. The Morgan fingerprint density at radius 3 is 2.45 bits per heavy atom. The first-order chi connectivity index (χ1) is 9.33. The third-order valence-corrected chi connectivity index (χ3v) is 2.71. The van der Waals surface area contributed by atoms with E-state index in [1.165, 1.54) is 6.92 Å². The van der Waals surface area contributed by atoms with Crippen LogP contribution in [-0.2, 0) is 4.79 Å². The first-order valence-electron chi connectivity index (χ1n) is 6.58. The third-order valence-electron chi connectivity index (χ3n) is 2.54. The largest absolute Gasteiger partial charge is 0.352 e. The molecule has 2 N–H and O–H groups in total. The fourth-order valence-electron chi connectivity index (χ4n) is 1.48. The van der Waals surface area contributed by atoms with Crippen molar-refractivity contribution in [2.24, 2.45) is 0 Å². The molecular weight excluding hydrogens is 280 g/mol. The number of hydrogen-bond donors (Lipinski definition) is 2. The molecule has 0 spiro atoms. The van der Waals surface area contributed by atoms with Crippen molar-refractivity contribution in [3.63, 3.8) is 0 Å². The Balaban J connectivity index is 3.11. The SMILES string of the molecule is CC[C@@H](C)N(NC(C)=O)c1nc(Cl)nc(NC(C)C)n1. The molecule has 0 saturated carbocycles. The zero-order valence-corrected chi connectivity index (χ0v) is 13.2. The van der Waals surface area contributed by atoms with Crippen LogP contribution in [-0.4, -0.2) is 32.9 Å². The van der Waals surface area contributed by atoms with Crippen molar-refractivity contribution in [1.29, 1.82) is 0 Å². The molecule has 7 nitrogen and oxygen atoms in total. The Hall–Kier alpha value is -1.63. The lowest BCUT2D eigenvalue weighted by Gasteiger charge is -2.28. The summed E-state index contributed by atoms with van der Waals surface area (Å²) in [6, 6.07) is 0.198. The second kappa shape index (κ2) is 7.23. The van der Waals surface area contributed by atoms with Crippen LogP contribution in [0.3, 0.4) is 0 Å². The second-order valence-corrected chi connectivity index (χ2v) is 5.16. The first kappa shape index (κ1) is 16.4. The maximum atomic E-state index is 11.3. The summed E-state index contributed by atoms with van der Waals surface area (Å²) < 4.78 is 0. The van der Waals surface area contributed by atoms with Crippen LogP contribution in [0.5, 0.6) is 0 Å². The molecule has 1 aromatic rings. The Bertz CT molecular complexity index is 467. The van der Waals surface area contributed by atoms with E-state index in [-0.39, 0.29) is 23.3 Å². The molecule has 0 aliphatic heterocycles. The van der Waals surface area contributed by atoms with E-state index < -0.39 is 0 Å². The van der Waals surface area contributed by atoms with Crippen molar-refractivity contribution in [3.05, 3.63) is 5.28 Å². The van der Waals surface area contributed by atoms with Crippen molar-refractivity contribution in [3.8, 4) is 0 Å². The van der Waals surface area contributed by atoms with Gasteiger partial charge in [0.05, 0.1) is 6.04 Å². The minimum Gasteiger partial charge on any atom is -0.352 e. The molecule has 1 amide bonds. The molecule has 0 saturated heterocycles. The van der Waals surface area contributed by atoms with Crippen molar-refractivity contribution < 1.29 is 4.79 Å². The molecule has 20 heavy (non-hydrogen) atoms. The van der Waals surface area contributed by atoms with Gasteiger partial charge in [0.15, 0.2) is 0 Å². The highest BCUT2D eigenvalue weighted by atomic mass is 35.5. The number of carbonyl (C=O) groups is 1. The number of carbonyl (C=O) groups excluding carboxylic acids is 1. The highest BCUT2D eigenvalue weighted by molar-refractivity contribution is 6.28. The number of amides is 1. The van der Waals surface area contributed by atoms with E-state index in [1.807, 2.05) is 27.7 Å². The molecule has 1 rings (SSSR count). The van der Waals surface area contributed by atoms with E-state index in [9.17, 15) is 4.79 Å². The number of rotatable bonds is 6. The van der Waals surface area contributed by atoms with Gasteiger partial charge in [-0.15, -0.1) is 0 Å². The van der Waals surface area contributed by atoms with E-state index in [0.29, 0.717) is 11.9 Å². The Labute approximate surface area is 124 Å². The number of anilines is 2. The van der Waals surface area contributed by atoms with E-state index in [4.69, 9.17) is 11.6 Å². The number of hydrogen-bond acceptors (Lipinski definition) is 6. The minimum absolute atomic E-state index is 0.0317. The molecule has 8 heteroatoms. The van der Waals surface area contributed by atoms with Gasteiger partial charge in [-0.2, -0.15) is 15.0 Å². The molecule has 0 aliphatic rings. The minimum atomic E-state index is -0.194.